The molecule has 2 aliphatic rings. The number of allylic oxidation sites excluding steroid dienone is 4. The predicted molar refractivity (Wildman–Crippen MR) is 57.8 cm³/mol. The van der Waals surface area contributed by atoms with E-state index in [2.05, 4.69) is 45.9 Å². The van der Waals surface area contributed by atoms with Crippen molar-refractivity contribution in [2.75, 3.05) is 0 Å². The van der Waals surface area contributed by atoms with Gasteiger partial charge in [0.05, 0.1) is 5.41 Å². The van der Waals surface area contributed by atoms with Crippen LogP contribution in [0.1, 0.15) is 27.7 Å². The molecule has 2 unspecified atom stereocenters. The van der Waals surface area contributed by atoms with Gasteiger partial charge in [-0.15, -0.1) is 0 Å². The molecule has 0 heterocycles. The van der Waals surface area contributed by atoms with E-state index < -0.39 is 0 Å². The first-order chi connectivity index (χ1) is 6.44. The van der Waals surface area contributed by atoms with Gasteiger partial charge < -0.3 is 0 Å². The van der Waals surface area contributed by atoms with Crippen molar-refractivity contribution >= 4 is 5.78 Å². The number of hydrogen-bond acceptors (Lipinski definition) is 1. The highest BCUT2D eigenvalue weighted by Gasteiger charge is 2.65. The maximum Gasteiger partial charge on any atom is 0.149 e. The van der Waals surface area contributed by atoms with Gasteiger partial charge in [-0.25, -0.2) is 0 Å². The molecule has 0 saturated heterocycles. The van der Waals surface area contributed by atoms with E-state index in [0.717, 1.165) is 0 Å². The lowest BCUT2D eigenvalue weighted by atomic mass is 9.41. The van der Waals surface area contributed by atoms with Crippen molar-refractivity contribution in [3.63, 3.8) is 0 Å². The van der Waals surface area contributed by atoms with Crippen LogP contribution >= 0.6 is 0 Å². The van der Waals surface area contributed by atoms with Gasteiger partial charge in [0.1, 0.15) is 5.78 Å². The fraction of sp³-hybridized carbons (Fsp3) is 0.615. The zero-order valence-corrected chi connectivity index (χ0v) is 9.37. The second-order valence-corrected chi connectivity index (χ2v) is 5.36. The van der Waals surface area contributed by atoms with Gasteiger partial charge in [0, 0.05) is 11.3 Å². The van der Waals surface area contributed by atoms with E-state index in [1.807, 2.05) is 6.08 Å². The van der Waals surface area contributed by atoms with Crippen LogP contribution in [0, 0.1) is 22.7 Å². The second kappa shape index (κ2) is 2.59. The topological polar surface area (TPSA) is 17.1 Å². The fourth-order valence-corrected chi connectivity index (χ4v) is 3.14. The zero-order chi connectivity index (χ0) is 10.6. The number of fused-ring (bicyclic) bond motifs is 1. The fourth-order valence-electron chi connectivity index (χ4n) is 3.14. The van der Waals surface area contributed by atoms with Crippen LogP contribution < -0.4 is 0 Å². The Morgan fingerprint density at radius 3 is 2.43 bits per heavy atom. The van der Waals surface area contributed by atoms with E-state index in [1.165, 1.54) is 0 Å². The first-order valence-corrected chi connectivity index (χ1v) is 5.35. The highest BCUT2D eigenvalue weighted by molar-refractivity contribution is 5.99. The molecule has 2 aliphatic carbocycles. The summed E-state index contributed by atoms with van der Waals surface area (Å²) in [7, 11) is 0. The zero-order valence-electron chi connectivity index (χ0n) is 9.37. The van der Waals surface area contributed by atoms with Gasteiger partial charge in [-0.1, -0.05) is 52.0 Å². The van der Waals surface area contributed by atoms with Gasteiger partial charge in [-0.05, 0) is 5.92 Å². The quantitative estimate of drug-likeness (QED) is 0.621. The number of carbonyl (C=O) groups is 1. The van der Waals surface area contributed by atoms with Gasteiger partial charge in [0.15, 0.2) is 0 Å². The molecular formula is C13H18O. The number of hydrogen-bond donors (Lipinski definition) is 0. The Kier molecular flexibility index (Phi) is 1.79. The Morgan fingerprint density at radius 2 is 1.93 bits per heavy atom. The van der Waals surface area contributed by atoms with Gasteiger partial charge >= 0.3 is 0 Å². The molecule has 1 nitrogen and oxygen atoms in total. The Morgan fingerprint density at radius 1 is 1.29 bits per heavy atom. The Hall–Kier alpha value is -0.850. The minimum Gasteiger partial charge on any atom is -0.298 e. The molecule has 0 aliphatic heterocycles. The van der Waals surface area contributed by atoms with Crippen LogP contribution in [0.4, 0.5) is 0 Å². The van der Waals surface area contributed by atoms with Gasteiger partial charge in [-0.2, -0.15) is 0 Å². The average Bonchev–Trinajstić information content (AvgIpc) is 2.16. The van der Waals surface area contributed by atoms with E-state index in [1.54, 1.807) is 0 Å². The molecule has 1 fully saturated rings. The van der Waals surface area contributed by atoms with Crippen LogP contribution in [0.15, 0.2) is 24.3 Å². The van der Waals surface area contributed by atoms with Crippen LogP contribution in [0.5, 0.6) is 0 Å². The van der Waals surface area contributed by atoms with Crippen molar-refractivity contribution in [2.45, 2.75) is 27.7 Å². The largest absolute Gasteiger partial charge is 0.298 e. The van der Waals surface area contributed by atoms with Gasteiger partial charge in [0.2, 0.25) is 0 Å². The van der Waals surface area contributed by atoms with E-state index in [0.29, 0.717) is 17.6 Å². The van der Waals surface area contributed by atoms with Crippen molar-refractivity contribution in [1.82, 2.24) is 0 Å². The Bertz CT molecular complexity index is 333. The number of ketones is 1. The van der Waals surface area contributed by atoms with Crippen molar-refractivity contribution in [1.29, 1.82) is 0 Å². The highest BCUT2D eigenvalue weighted by Crippen LogP contribution is 2.61. The SMILES string of the molecule is CC(C)C12C=CC=CC1C(C)(C)C2=O. The standard InChI is InChI=1S/C13H18O/c1-9(2)13-8-6-5-7-10(13)12(3,4)11(13)14/h5-10H,1-4H3. The summed E-state index contributed by atoms with van der Waals surface area (Å²) in [5.74, 6) is 1.20. The summed E-state index contributed by atoms with van der Waals surface area (Å²) in [6.07, 6.45) is 8.39. The van der Waals surface area contributed by atoms with Crippen LogP contribution in [0.3, 0.4) is 0 Å². The molecule has 0 aromatic rings. The summed E-state index contributed by atoms with van der Waals surface area (Å²) in [4.78, 5) is 12.2. The highest BCUT2D eigenvalue weighted by atomic mass is 16.1. The lowest BCUT2D eigenvalue weighted by Gasteiger charge is -2.59. The summed E-state index contributed by atoms with van der Waals surface area (Å²) in [5, 5.41) is 0. The monoisotopic (exact) mass is 190 g/mol. The molecule has 0 bridgehead atoms. The maximum atomic E-state index is 12.2. The van der Waals surface area contributed by atoms with Crippen molar-refractivity contribution < 1.29 is 4.79 Å². The molecule has 1 heteroatoms. The molecular weight excluding hydrogens is 172 g/mol. The first kappa shape index (κ1) is 9.70. The van der Waals surface area contributed by atoms with Crippen molar-refractivity contribution in [2.24, 2.45) is 22.7 Å². The molecule has 2 rings (SSSR count). The van der Waals surface area contributed by atoms with E-state index in [9.17, 15) is 4.79 Å². The Balaban J connectivity index is 2.46. The van der Waals surface area contributed by atoms with Gasteiger partial charge in [0.25, 0.3) is 0 Å². The molecule has 0 spiro atoms. The molecule has 1 saturated carbocycles. The summed E-state index contributed by atoms with van der Waals surface area (Å²) < 4.78 is 0. The number of carbonyl (C=O) groups excluding carboxylic acids is 1. The average molecular weight is 190 g/mol. The van der Waals surface area contributed by atoms with Crippen LogP contribution in [0.25, 0.3) is 0 Å². The third kappa shape index (κ3) is 0.832. The van der Waals surface area contributed by atoms with Crippen molar-refractivity contribution in [3.05, 3.63) is 24.3 Å². The van der Waals surface area contributed by atoms with Crippen LogP contribution in [0.2, 0.25) is 0 Å². The summed E-state index contributed by atoms with van der Waals surface area (Å²) in [6, 6.07) is 0. The smallest absolute Gasteiger partial charge is 0.149 e. The third-order valence-corrected chi connectivity index (χ3v) is 4.01. The maximum absolute atomic E-state index is 12.2. The molecule has 0 aromatic heterocycles. The van der Waals surface area contributed by atoms with Gasteiger partial charge in [-0.3, -0.25) is 4.79 Å². The summed E-state index contributed by atoms with van der Waals surface area (Å²) >= 11 is 0. The van der Waals surface area contributed by atoms with Crippen LogP contribution in [-0.2, 0) is 4.79 Å². The molecule has 14 heavy (non-hydrogen) atoms. The molecule has 2 atom stereocenters. The molecule has 0 amide bonds. The van der Waals surface area contributed by atoms with Crippen molar-refractivity contribution in [3.8, 4) is 0 Å². The Labute approximate surface area is 85.9 Å². The number of rotatable bonds is 1. The summed E-state index contributed by atoms with van der Waals surface area (Å²) in [5.41, 5.74) is -0.357. The number of Topliss-reactive ketones (excluding diaryl/α,β-unsaturated/α-hetero) is 1. The van der Waals surface area contributed by atoms with Crippen LogP contribution in [-0.4, -0.2) is 5.78 Å². The lowest BCUT2D eigenvalue weighted by molar-refractivity contribution is -0.164. The minimum atomic E-state index is -0.196. The first-order valence-electron chi connectivity index (χ1n) is 5.35. The minimum absolute atomic E-state index is 0.161. The van der Waals surface area contributed by atoms with E-state index in [4.69, 9.17) is 0 Å². The third-order valence-electron chi connectivity index (χ3n) is 4.01. The molecule has 0 aromatic carbocycles. The second-order valence-electron chi connectivity index (χ2n) is 5.36. The predicted octanol–water partition coefficient (Wildman–Crippen LogP) is 2.98. The molecule has 0 radical (unpaired) electrons. The normalized spacial score (nSPS) is 38.4. The van der Waals surface area contributed by atoms with E-state index >= 15 is 0 Å². The summed E-state index contributed by atoms with van der Waals surface area (Å²) in [6.45, 7) is 8.40. The molecule has 76 valence electrons. The lowest BCUT2D eigenvalue weighted by Crippen LogP contribution is -2.64. The van der Waals surface area contributed by atoms with E-state index in [-0.39, 0.29) is 10.8 Å². The molecule has 0 N–H and O–H groups in total.